The molecular weight excluding hydrogens is 459 g/mol. The van der Waals surface area contributed by atoms with Gasteiger partial charge in [-0.2, -0.15) is 13.2 Å². The third-order valence-corrected chi connectivity index (χ3v) is 8.56. The lowest BCUT2D eigenvalue weighted by molar-refractivity contribution is -0.137. The van der Waals surface area contributed by atoms with Crippen LogP contribution in [0.2, 0.25) is 0 Å². The van der Waals surface area contributed by atoms with Crippen LogP contribution >= 0.6 is 0 Å². The number of hydrogen-bond donors (Lipinski definition) is 2. The summed E-state index contributed by atoms with van der Waals surface area (Å²) in [6, 6.07) is 8.40. The van der Waals surface area contributed by atoms with E-state index in [1.807, 2.05) is 6.07 Å². The van der Waals surface area contributed by atoms with Gasteiger partial charge in [0.05, 0.1) is 24.5 Å². The van der Waals surface area contributed by atoms with E-state index in [0.29, 0.717) is 29.4 Å². The molecule has 8 heteroatoms. The number of ether oxygens (including phenoxy) is 1. The number of phenolic OH excluding ortho intramolecular Hbond substituents is 1. The summed E-state index contributed by atoms with van der Waals surface area (Å²) in [5.74, 6) is 1.34. The summed E-state index contributed by atoms with van der Waals surface area (Å²) in [5, 5.41) is 25.6. The second-order valence-electron chi connectivity index (χ2n) is 10.3. The smallest absolute Gasteiger partial charge is 0.416 e. The number of oxime groups is 1. The third-order valence-electron chi connectivity index (χ3n) is 8.56. The number of nitrogens with zero attached hydrogens (tertiary/aromatic N) is 1. The fourth-order valence-corrected chi connectivity index (χ4v) is 6.63. The maximum absolute atomic E-state index is 12.8. The fourth-order valence-electron chi connectivity index (χ4n) is 6.63. The van der Waals surface area contributed by atoms with Crippen molar-refractivity contribution in [3.05, 3.63) is 58.7 Å². The first-order chi connectivity index (χ1) is 16.6. The molecule has 5 nitrogen and oxygen atoms in total. The van der Waals surface area contributed by atoms with Crippen LogP contribution in [0.1, 0.15) is 67.2 Å². The van der Waals surface area contributed by atoms with E-state index in [2.05, 4.69) is 12.1 Å². The molecule has 0 heterocycles. The first-order valence-electron chi connectivity index (χ1n) is 12.1. The van der Waals surface area contributed by atoms with Gasteiger partial charge in [0.15, 0.2) is 11.5 Å². The zero-order valence-corrected chi connectivity index (χ0v) is 19.8. The number of alkyl halides is 3. The highest BCUT2D eigenvalue weighted by molar-refractivity contribution is 6.03. The quantitative estimate of drug-likeness (QED) is 0.516. The van der Waals surface area contributed by atoms with E-state index in [9.17, 15) is 23.4 Å². The van der Waals surface area contributed by atoms with Gasteiger partial charge in [0.1, 0.15) is 6.61 Å². The van der Waals surface area contributed by atoms with Gasteiger partial charge in [-0.1, -0.05) is 24.2 Å². The van der Waals surface area contributed by atoms with E-state index in [-0.39, 0.29) is 35.7 Å². The van der Waals surface area contributed by atoms with Gasteiger partial charge in [0.25, 0.3) is 0 Å². The van der Waals surface area contributed by atoms with Gasteiger partial charge in [-0.3, -0.25) is 0 Å². The van der Waals surface area contributed by atoms with Crippen molar-refractivity contribution < 1.29 is 33.0 Å². The van der Waals surface area contributed by atoms with Gasteiger partial charge in [-0.25, -0.2) is 0 Å². The Labute approximate surface area is 202 Å². The first-order valence-corrected chi connectivity index (χ1v) is 12.1. The van der Waals surface area contributed by atoms with E-state index in [4.69, 9.17) is 9.57 Å². The second kappa shape index (κ2) is 8.73. The van der Waals surface area contributed by atoms with Crippen LogP contribution in [0.4, 0.5) is 13.2 Å². The second-order valence-corrected chi connectivity index (χ2v) is 10.3. The molecule has 5 atom stereocenters. The molecule has 35 heavy (non-hydrogen) atoms. The van der Waals surface area contributed by atoms with E-state index in [0.717, 1.165) is 48.9 Å². The Morgan fingerprint density at radius 3 is 2.54 bits per heavy atom. The normalized spacial score (nSPS) is 31.0. The van der Waals surface area contributed by atoms with Gasteiger partial charge in [0.2, 0.25) is 0 Å². The monoisotopic (exact) mass is 489 g/mol. The minimum atomic E-state index is -4.38. The lowest BCUT2D eigenvalue weighted by Crippen LogP contribution is -2.45. The van der Waals surface area contributed by atoms with E-state index in [1.165, 1.54) is 19.2 Å². The number of aliphatic hydroxyl groups is 1. The summed E-state index contributed by atoms with van der Waals surface area (Å²) < 4.78 is 43.9. The van der Waals surface area contributed by atoms with Crippen molar-refractivity contribution in [2.45, 2.75) is 63.8 Å². The zero-order valence-electron chi connectivity index (χ0n) is 19.8. The van der Waals surface area contributed by atoms with Crippen LogP contribution in [-0.4, -0.2) is 29.1 Å². The summed E-state index contributed by atoms with van der Waals surface area (Å²) in [4.78, 5) is 5.62. The van der Waals surface area contributed by atoms with Crippen molar-refractivity contribution in [3.63, 3.8) is 0 Å². The zero-order chi connectivity index (χ0) is 25.0. The first kappa shape index (κ1) is 24.0. The van der Waals surface area contributed by atoms with Crippen LogP contribution < -0.4 is 4.74 Å². The summed E-state index contributed by atoms with van der Waals surface area (Å²) in [6.07, 6.45) is -0.387. The minimum absolute atomic E-state index is 0.0251. The minimum Gasteiger partial charge on any atom is -0.504 e. The molecule has 188 valence electrons. The van der Waals surface area contributed by atoms with Crippen LogP contribution in [0.25, 0.3) is 0 Å². The Hall–Kier alpha value is -2.74. The molecule has 2 fully saturated rings. The van der Waals surface area contributed by atoms with Crippen molar-refractivity contribution >= 4 is 5.71 Å². The Morgan fingerprint density at radius 2 is 1.86 bits per heavy atom. The van der Waals surface area contributed by atoms with Crippen LogP contribution in [0.3, 0.4) is 0 Å². The Kier molecular flexibility index (Phi) is 5.98. The van der Waals surface area contributed by atoms with Crippen LogP contribution in [0, 0.1) is 17.3 Å². The molecule has 1 unspecified atom stereocenters. The number of aromatic hydroxyl groups is 1. The third kappa shape index (κ3) is 4.15. The molecule has 0 aliphatic heterocycles. The molecule has 0 radical (unpaired) electrons. The molecule has 2 aromatic rings. The fraction of sp³-hybridized carbons (Fsp3) is 0.519. The molecule has 0 spiro atoms. The van der Waals surface area contributed by atoms with Gasteiger partial charge in [-0.15, -0.1) is 0 Å². The van der Waals surface area contributed by atoms with Crippen molar-refractivity contribution in [2.75, 3.05) is 7.11 Å². The van der Waals surface area contributed by atoms with E-state index >= 15 is 0 Å². The standard InChI is InChI=1S/C27H30F3NO4/c1-26-10-9-17-18-13-24(34-2)23(32)12-20(18)22(11-19(17)21(26)7-8-25(26)33)31-35-14-15-3-5-16(6-4-15)27(28,29)30/h3-6,12-13,17,19,21,25,32-33H,7-11,14H2,1-2H3/t17-,19-,21+,25?,26+/m1/s1. The SMILES string of the molecule is COc1cc2c(cc1O)C(=NOCc1ccc(C(F)(F)F)cc1)C[C@@H]1[C@@H]2CC[C@]2(C)C(O)CC[C@@H]12. The van der Waals surface area contributed by atoms with Crippen molar-refractivity contribution in [3.8, 4) is 11.5 Å². The number of hydrogen-bond acceptors (Lipinski definition) is 5. The summed E-state index contributed by atoms with van der Waals surface area (Å²) in [5.41, 5.74) is 2.35. The molecule has 2 N–H and O–H groups in total. The van der Waals surface area contributed by atoms with Crippen LogP contribution in [0.5, 0.6) is 11.5 Å². The molecule has 2 saturated carbocycles. The van der Waals surface area contributed by atoms with Gasteiger partial charge >= 0.3 is 6.18 Å². The number of rotatable bonds is 4. The van der Waals surface area contributed by atoms with Crippen molar-refractivity contribution in [1.29, 1.82) is 0 Å². The Morgan fingerprint density at radius 1 is 1.11 bits per heavy atom. The maximum atomic E-state index is 12.8. The average molecular weight is 490 g/mol. The molecule has 3 aliphatic carbocycles. The van der Waals surface area contributed by atoms with Crippen molar-refractivity contribution in [2.24, 2.45) is 22.4 Å². The van der Waals surface area contributed by atoms with Gasteiger partial charge in [-0.05, 0) is 90.7 Å². The molecular formula is C27H30F3NO4. The summed E-state index contributed by atoms with van der Waals surface area (Å²) in [6.45, 7) is 2.23. The predicted octanol–water partition coefficient (Wildman–Crippen LogP) is 6.02. The molecule has 2 aromatic carbocycles. The lowest BCUT2D eigenvalue weighted by Gasteiger charge is -2.50. The maximum Gasteiger partial charge on any atom is 0.416 e. The largest absolute Gasteiger partial charge is 0.504 e. The highest BCUT2D eigenvalue weighted by atomic mass is 19.4. The molecule has 3 aliphatic rings. The highest BCUT2D eigenvalue weighted by Crippen LogP contribution is 2.61. The Bertz CT molecular complexity index is 1130. The Balaban J connectivity index is 1.44. The number of benzene rings is 2. The topological polar surface area (TPSA) is 71.3 Å². The number of fused-ring (bicyclic) bond motifs is 5. The highest BCUT2D eigenvalue weighted by Gasteiger charge is 2.55. The van der Waals surface area contributed by atoms with Gasteiger partial charge in [0, 0.05) is 5.56 Å². The molecule has 0 aromatic heterocycles. The van der Waals surface area contributed by atoms with E-state index < -0.39 is 11.7 Å². The number of methoxy groups -OCH3 is 1. The van der Waals surface area contributed by atoms with Gasteiger partial charge < -0.3 is 19.8 Å². The van der Waals surface area contributed by atoms with Crippen molar-refractivity contribution in [1.82, 2.24) is 0 Å². The average Bonchev–Trinajstić information content (AvgIpc) is 3.13. The number of aliphatic hydroxyl groups excluding tert-OH is 1. The predicted molar refractivity (Wildman–Crippen MR) is 124 cm³/mol. The molecule has 5 rings (SSSR count). The molecule has 0 saturated heterocycles. The molecule has 0 amide bonds. The molecule has 0 bridgehead atoms. The number of halogens is 3. The van der Waals surface area contributed by atoms with Crippen LogP contribution in [0.15, 0.2) is 41.6 Å². The van der Waals surface area contributed by atoms with E-state index in [1.54, 1.807) is 6.07 Å². The number of phenols is 1. The summed E-state index contributed by atoms with van der Waals surface area (Å²) in [7, 11) is 1.52. The summed E-state index contributed by atoms with van der Waals surface area (Å²) >= 11 is 0. The lowest BCUT2D eigenvalue weighted by atomic mass is 9.55. The van der Waals surface area contributed by atoms with Crippen LogP contribution in [-0.2, 0) is 17.6 Å².